The third-order valence-electron chi connectivity index (χ3n) is 3.55. The van der Waals surface area contributed by atoms with Gasteiger partial charge in [0.1, 0.15) is 5.52 Å². The van der Waals surface area contributed by atoms with Crippen LogP contribution >= 0.6 is 0 Å². The van der Waals surface area contributed by atoms with Gasteiger partial charge in [-0.15, -0.1) is 5.10 Å². The lowest BCUT2D eigenvalue weighted by Crippen LogP contribution is -2.08. The zero-order chi connectivity index (χ0) is 11.7. The predicted octanol–water partition coefficient (Wildman–Crippen LogP) is 2.49. The molecule has 1 saturated carbocycles. The summed E-state index contributed by atoms with van der Waals surface area (Å²) in [7, 11) is 0. The fourth-order valence-electron chi connectivity index (χ4n) is 2.61. The Morgan fingerprint density at radius 3 is 2.94 bits per heavy atom. The minimum absolute atomic E-state index is 0.644. The number of rotatable bonds is 2. The molecule has 0 spiro atoms. The van der Waals surface area contributed by atoms with Crippen molar-refractivity contribution in [2.24, 2.45) is 5.92 Å². The maximum atomic E-state index is 8.83. The molecule has 1 aliphatic carbocycles. The first-order chi connectivity index (χ1) is 8.36. The highest BCUT2D eigenvalue weighted by Gasteiger charge is 2.17. The fraction of sp³-hybridized carbons (Fsp3) is 0.462. The van der Waals surface area contributed by atoms with E-state index >= 15 is 0 Å². The smallest absolute Gasteiger partial charge is 0.114 e. The van der Waals surface area contributed by atoms with Crippen molar-refractivity contribution in [3.05, 3.63) is 23.8 Å². The highest BCUT2D eigenvalue weighted by Crippen LogP contribution is 2.27. The van der Waals surface area contributed by atoms with Gasteiger partial charge in [-0.3, -0.25) is 0 Å². The van der Waals surface area contributed by atoms with Crippen molar-refractivity contribution in [2.75, 3.05) is 0 Å². The van der Waals surface area contributed by atoms with Gasteiger partial charge in [0.15, 0.2) is 0 Å². The molecular weight excluding hydrogens is 212 g/mol. The average Bonchev–Trinajstić information content (AvgIpc) is 2.99. The van der Waals surface area contributed by atoms with Crippen LogP contribution in [0.3, 0.4) is 0 Å². The Hall–Kier alpha value is -1.89. The third-order valence-corrected chi connectivity index (χ3v) is 3.55. The van der Waals surface area contributed by atoms with Crippen molar-refractivity contribution in [1.29, 1.82) is 5.26 Å². The molecule has 0 aliphatic heterocycles. The molecule has 1 fully saturated rings. The summed E-state index contributed by atoms with van der Waals surface area (Å²) in [5.41, 5.74) is 2.50. The second-order valence-corrected chi connectivity index (χ2v) is 4.74. The Kier molecular flexibility index (Phi) is 2.52. The molecule has 1 aliphatic rings. The monoisotopic (exact) mass is 226 g/mol. The van der Waals surface area contributed by atoms with E-state index in [9.17, 15) is 0 Å². The second kappa shape index (κ2) is 4.17. The fourth-order valence-corrected chi connectivity index (χ4v) is 2.61. The molecule has 3 rings (SSSR count). The summed E-state index contributed by atoms with van der Waals surface area (Å²) in [5.74, 6) is 0.746. The van der Waals surface area contributed by atoms with Crippen LogP contribution < -0.4 is 0 Å². The Labute approximate surface area is 99.8 Å². The molecule has 0 unspecified atom stereocenters. The van der Waals surface area contributed by atoms with Gasteiger partial charge in [-0.2, -0.15) is 5.26 Å². The molecule has 0 atom stereocenters. The highest BCUT2D eigenvalue weighted by atomic mass is 15.4. The van der Waals surface area contributed by atoms with Crippen LogP contribution in [-0.4, -0.2) is 15.0 Å². The molecule has 0 saturated heterocycles. The zero-order valence-electron chi connectivity index (χ0n) is 9.63. The second-order valence-electron chi connectivity index (χ2n) is 4.74. The Morgan fingerprint density at radius 1 is 1.35 bits per heavy atom. The van der Waals surface area contributed by atoms with E-state index in [-0.39, 0.29) is 0 Å². The summed E-state index contributed by atoms with van der Waals surface area (Å²) in [4.78, 5) is 0. The molecule has 0 N–H and O–H groups in total. The van der Waals surface area contributed by atoms with Crippen LogP contribution in [0.1, 0.15) is 31.2 Å². The predicted molar refractivity (Wildman–Crippen MR) is 64.2 cm³/mol. The molecule has 4 nitrogen and oxygen atoms in total. The van der Waals surface area contributed by atoms with E-state index < -0.39 is 0 Å². The molecule has 0 bridgehead atoms. The summed E-state index contributed by atoms with van der Waals surface area (Å²) >= 11 is 0. The van der Waals surface area contributed by atoms with Gasteiger partial charge in [0.2, 0.25) is 0 Å². The lowest BCUT2D eigenvalue weighted by molar-refractivity contribution is 0.430. The molecular formula is C13H14N4. The van der Waals surface area contributed by atoms with Gasteiger partial charge in [0.05, 0.1) is 17.1 Å². The number of hydrogen-bond acceptors (Lipinski definition) is 3. The van der Waals surface area contributed by atoms with Gasteiger partial charge in [-0.05, 0) is 37.0 Å². The summed E-state index contributed by atoms with van der Waals surface area (Å²) in [6, 6.07) is 7.70. The maximum Gasteiger partial charge on any atom is 0.114 e. The van der Waals surface area contributed by atoms with Crippen molar-refractivity contribution in [2.45, 2.75) is 32.2 Å². The van der Waals surface area contributed by atoms with Crippen molar-refractivity contribution in [3.63, 3.8) is 0 Å². The first kappa shape index (κ1) is 10.3. The van der Waals surface area contributed by atoms with Crippen molar-refractivity contribution in [3.8, 4) is 6.07 Å². The van der Waals surface area contributed by atoms with Crippen molar-refractivity contribution in [1.82, 2.24) is 15.0 Å². The standard InChI is InChI=1S/C13H14N4/c14-8-11-5-6-13-12(7-11)15-16-17(13)9-10-3-1-2-4-10/h5-7,10H,1-4,9H2. The van der Waals surface area contributed by atoms with Gasteiger partial charge in [0, 0.05) is 6.54 Å². The lowest BCUT2D eigenvalue weighted by Gasteiger charge is -2.08. The van der Waals surface area contributed by atoms with Crippen molar-refractivity contribution >= 4 is 11.0 Å². The zero-order valence-corrected chi connectivity index (χ0v) is 9.63. The van der Waals surface area contributed by atoms with E-state index in [1.54, 1.807) is 6.07 Å². The van der Waals surface area contributed by atoms with Crippen LogP contribution in [0.15, 0.2) is 18.2 Å². The molecule has 1 aromatic heterocycles. The maximum absolute atomic E-state index is 8.83. The molecule has 4 heteroatoms. The van der Waals surface area contributed by atoms with E-state index in [0.29, 0.717) is 5.56 Å². The van der Waals surface area contributed by atoms with Crippen LogP contribution in [-0.2, 0) is 6.54 Å². The Bertz CT molecular complexity index is 573. The number of fused-ring (bicyclic) bond motifs is 1. The molecule has 1 heterocycles. The quantitative estimate of drug-likeness (QED) is 0.790. The van der Waals surface area contributed by atoms with Crippen LogP contribution in [0, 0.1) is 17.2 Å². The van der Waals surface area contributed by atoms with Gasteiger partial charge in [-0.1, -0.05) is 18.1 Å². The average molecular weight is 226 g/mol. The summed E-state index contributed by atoms with van der Waals surface area (Å²) in [6.07, 6.45) is 5.29. The molecule has 17 heavy (non-hydrogen) atoms. The van der Waals surface area contributed by atoms with Gasteiger partial charge in [-0.25, -0.2) is 4.68 Å². The van der Waals surface area contributed by atoms with E-state index in [4.69, 9.17) is 5.26 Å². The third kappa shape index (κ3) is 1.89. The van der Waals surface area contributed by atoms with Crippen molar-refractivity contribution < 1.29 is 0 Å². The van der Waals surface area contributed by atoms with Crippen LogP contribution in [0.25, 0.3) is 11.0 Å². The molecule has 0 amide bonds. The SMILES string of the molecule is N#Cc1ccc2c(c1)nnn2CC1CCCC1. The number of nitriles is 1. The minimum atomic E-state index is 0.644. The normalized spacial score (nSPS) is 16.4. The molecule has 86 valence electrons. The van der Waals surface area contributed by atoms with Crippen LogP contribution in [0.5, 0.6) is 0 Å². The minimum Gasteiger partial charge on any atom is -0.244 e. The molecule has 1 aromatic carbocycles. The van der Waals surface area contributed by atoms with Crippen LogP contribution in [0.4, 0.5) is 0 Å². The molecule has 2 aromatic rings. The van der Waals surface area contributed by atoms with E-state index in [0.717, 1.165) is 23.5 Å². The summed E-state index contributed by atoms with van der Waals surface area (Å²) in [6.45, 7) is 0.961. The molecule has 0 radical (unpaired) electrons. The Balaban J connectivity index is 1.92. The first-order valence-electron chi connectivity index (χ1n) is 6.10. The Morgan fingerprint density at radius 2 is 2.18 bits per heavy atom. The topological polar surface area (TPSA) is 54.5 Å². The summed E-state index contributed by atoms with van der Waals surface area (Å²) in [5, 5.41) is 17.2. The first-order valence-corrected chi connectivity index (χ1v) is 6.10. The number of nitrogens with zero attached hydrogens (tertiary/aromatic N) is 4. The summed E-state index contributed by atoms with van der Waals surface area (Å²) < 4.78 is 1.98. The largest absolute Gasteiger partial charge is 0.244 e. The van der Waals surface area contributed by atoms with Crippen LogP contribution in [0.2, 0.25) is 0 Å². The number of hydrogen-bond donors (Lipinski definition) is 0. The van der Waals surface area contributed by atoms with Gasteiger partial charge < -0.3 is 0 Å². The lowest BCUT2D eigenvalue weighted by atomic mass is 10.1. The number of benzene rings is 1. The van der Waals surface area contributed by atoms with Gasteiger partial charge >= 0.3 is 0 Å². The van der Waals surface area contributed by atoms with E-state index in [1.807, 2.05) is 16.8 Å². The highest BCUT2D eigenvalue weighted by molar-refractivity contribution is 5.75. The number of aromatic nitrogens is 3. The van der Waals surface area contributed by atoms with E-state index in [2.05, 4.69) is 16.4 Å². The van der Waals surface area contributed by atoms with E-state index in [1.165, 1.54) is 25.7 Å². The van der Waals surface area contributed by atoms with Gasteiger partial charge in [0.25, 0.3) is 0 Å².